The van der Waals surface area contributed by atoms with Crippen LogP contribution in [0.1, 0.15) is 60.8 Å². The molecule has 31 heavy (non-hydrogen) atoms. The van der Waals surface area contributed by atoms with Crippen molar-refractivity contribution in [3.05, 3.63) is 30.3 Å². The minimum Gasteiger partial charge on any atom is -0.444 e. The summed E-state index contributed by atoms with van der Waals surface area (Å²) in [7, 11) is -1.74. The molecular formula is C24H42N2O4Si. The topological polar surface area (TPSA) is 76.7 Å². The highest BCUT2D eigenvalue weighted by molar-refractivity contribution is 6.89. The first-order valence-corrected chi connectivity index (χ1v) is 14.4. The molecule has 1 rings (SSSR count). The normalized spacial score (nSPS) is 13.3. The molecule has 1 aromatic carbocycles. The van der Waals surface area contributed by atoms with Gasteiger partial charge in [0.15, 0.2) is 0 Å². The minimum absolute atomic E-state index is 0.0262. The number of carbonyl (C=O) groups is 2. The average molecular weight is 451 g/mol. The SMILES string of the molecule is CC(C)(C)OC(=O)NCCCCC(C[Si](C)(C)c1ccccc1)NC(=O)OC(C)(C)C. The van der Waals surface area contributed by atoms with E-state index in [1.54, 1.807) is 0 Å². The standard InChI is InChI=1S/C24H42N2O4Si/c1-23(2,3)29-21(27)25-17-13-12-14-19(26-22(28)30-24(4,5)6)18-31(7,8)20-15-10-9-11-16-20/h9-11,15-16,19H,12-14,17-18H2,1-8H3,(H,25,27)(H,26,28). The van der Waals surface area contributed by atoms with Gasteiger partial charge in [-0.05, 0) is 66.8 Å². The Bertz CT molecular complexity index is 694. The van der Waals surface area contributed by atoms with Gasteiger partial charge in [0.2, 0.25) is 0 Å². The Hall–Kier alpha value is -2.02. The number of rotatable bonds is 9. The third-order valence-corrected chi connectivity index (χ3v) is 8.09. The van der Waals surface area contributed by atoms with E-state index in [4.69, 9.17) is 9.47 Å². The van der Waals surface area contributed by atoms with E-state index in [0.717, 1.165) is 25.3 Å². The van der Waals surface area contributed by atoms with Crippen LogP contribution >= 0.6 is 0 Å². The number of hydrogen-bond acceptors (Lipinski definition) is 4. The summed E-state index contributed by atoms with van der Waals surface area (Å²) in [6, 6.07) is 11.5. The molecule has 7 heteroatoms. The molecular weight excluding hydrogens is 408 g/mol. The summed E-state index contributed by atoms with van der Waals surface area (Å²) < 4.78 is 10.7. The molecule has 0 aromatic heterocycles. The lowest BCUT2D eigenvalue weighted by Gasteiger charge is -2.30. The average Bonchev–Trinajstić information content (AvgIpc) is 2.58. The van der Waals surface area contributed by atoms with Gasteiger partial charge in [-0.15, -0.1) is 0 Å². The van der Waals surface area contributed by atoms with Crippen molar-refractivity contribution in [3.8, 4) is 0 Å². The predicted molar refractivity (Wildman–Crippen MR) is 130 cm³/mol. The predicted octanol–water partition coefficient (Wildman–Crippen LogP) is 5.19. The molecule has 0 bridgehead atoms. The molecule has 1 atom stereocenters. The quantitative estimate of drug-likeness (QED) is 0.401. The fourth-order valence-corrected chi connectivity index (χ4v) is 6.21. The molecule has 6 nitrogen and oxygen atoms in total. The van der Waals surface area contributed by atoms with E-state index in [0.29, 0.717) is 6.54 Å². The highest BCUT2D eigenvalue weighted by Gasteiger charge is 2.29. The second-order valence-corrected chi connectivity index (χ2v) is 15.5. The Morgan fingerprint density at radius 2 is 1.45 bits per heavy atom. The summed E-state index contributed by atoms with van der Waals surface area (Å²) >= 11 is 0. The first-order chi connectivity index (χ1) is 14.2. The van der Waals surface area contributed by atoms with Gasteiger partial charge >= 0.3 is 12.2 Å². The molecule has 0 aliphatic heterocycles. The van der Waals surface area contributed by atoms with Crippen molar-refractivity contribution in [2.24, 2.45) is 0 Å². The van der Waals surface area contributed by atoms with Crippen LogP contribution in [0.3, 0.4) is 0 Å². The van der Waals surface area contributed by atoms with E-state index >= 15 is 0 Å². The van der Waals surface area contributed by atoms with E-state index in [1.807, 2.05) is 47.6 Å². The Morgan fingerprint density at radius 3 is 2.00 bits per heavy atom. The number of benzene rings is 1. The lowest BCUT2D eigenvalue weighted by molar-refractivity contribution is 0.0503. The summed E-state index contributed by atoms with van der Waals surface area (Å²) in [6.45, 7) is 16.3. The molecule has 176 valence electrons. The summed E-state index contributed by atoms with van der Waals surface area (Å²) in [5, 5.41) is 7.26. The van der Waals surface area contributed by atoms with Crippen LogP contribution in [0.5, 0.6) is 0 Å². The number of carbonyl (C=O) groups excluding carboxylic acids is 2. The molecule has 0 radical (unpaired) electrons. The lowest BCUT2D eigenvalue weighted by atomic mass is 10.1. The van der Waals surface area contributed by atoms with E-state index in [1.165, 1.54) is 5.19 Å². The zero-order valence-corrected chi connectivity index (χ0v) is 21.6. The monoisotopic (exact) mass is 450 g/mol. The van der Waals surface area contributed by atoms with Crippen LogP contribution in [0.4, 0.5) is 9.59 Å². The van der Waals surface area contributed by atoms with Gasteiger partial charge in [-0.3, -0.25) is 0 Å². The van der Waals surface area contributed by atoms with Crippen molar-refractivity contribution in [2.75, 3.05) is 6.54 Å². The maximum Gasteiger partial charge on any atom is 0.407 e. The molecule has 2 amide bonds. The number of amides is 2. The number of alkyl carbamates (subject to hydrolysis) is 2. The maximum absolute atomic E-state index is 12.4. The van der Waals surface area contributed by atoms with Crippen LogP contribution in [-0.2, 0) is 9.47 Å². The van der Waals surface area contributed by atoms with Crippen molar-refractivity contribution >= 4 is 25.4 Å². The molecule has 0 aliphatic rings. The fraction of sp³-hybridized carbons (Fsp3) is 0.667. The molecule has 0 saturated heterocycles. The van der Waals surface area contributed by atoms with Crippen molar-refractivity contribution in [1.29, 1.82) is 0 Å². The van der Waals surface area contributed by atoms with Gasteiger partial charge in [0.05, 0.1) is 8.07 Å². The Labute approximate surface area is 189 Å². The van der Waals surface area contributed by atoms with Crippen molar-refractivity contribution < 1.29 is 19.1 Å². The van der Waals surface area contributed by atoms with E-state index < -0.39 is 25.4 Å². The molecule has 1 unspecified atom stereocenters. The molecule has 0 spiro atoms. The molecule has 0 heterocycles. The van der Waals surface area contributed by atoms with Crippen LogP contribution in [-0.4, -0.2) is 44.0 Å². The van der Waals surface area contributed by atoms with Gasteiger partial charge in [0.25, 0.3) is 0 Å². The minimum atomic E-state index is -1.74. The molecule has 2 N–H and O–H groups in total. The van der Waals surface area contributed by atoms with Gasteiger partial charge in [0, 0.05) is 12.6 Å². The molecule has 0 aliphatic carbocycles. The third-order valence-electron chi connectivity index (χ3n) is 4.68. The van der Waals surface area contributed by atoms with Crippen LogP contribution in [0.2, 0.25) is 19.1 Å². The van der Waals surface area contributed by atoms with E-state index in [2.05, 4.69) is 48.0 Å². The fourth-order valence-electron chi connectivity index (χ4n) is 3.34. The van der Waals surface area contributed by atoms with Gasteiger partial charge < -0.3 is 20.1 Å². The second-order valence-electron chi connectivity index (χ2n) is 10.7. The summed E-state index contributed by atoms with van der Waals surface area (Å²) in [5.74, 6) is 0. The summed E-state index contributed by atoms with van der Waals surface area (Å²) in [6.07, 6.45) is 1.77. The Balaban J connectivity index is 2.64. The number of nitrogens with one attached hydrogen (secondary N) is 2. The van der Waals surface area contributed by atoms with Crippen LogP contribution in [0.15, 0.2) is 30.3 Å². The van der Waals surface area contributed by atoms with Crippen LogP contribution < -0.4 is 15.8 Å². The zero-order valence-electron chi connectivity index (χ0n) is 20.6. The van der Waals surface area contributed by atoms with E-state index in [-0.39, 0.29) is 12.1 Å². The number of ether oxygens (including phenoxy) is 2. The largest absolute Gasteiger partial charge is 0.444 e. The van der Waals surface area contributed by atoms with Crippen LogP contribution in [0, 0.1) is 0 Å². The molecule has 0 saturated carbocycles. The number of hydrogen-bond donors (Lipinski definition) is 2. The Morgan fingerprint density at radius 1 is 0.903 bits per heavy atom. The molecule has 0 fully saturated rings. The van der Waals surface area contributed by atoms with Crippen molar-refractivity contribution in [1.82, 2.24) is 10.6 Å². The third kappa shape index (κ3) is 12.4. The lowest BCUT2D eigenvalue weighted by Crippen LogP contribution is -2.49. The molecule has 1 aromatic rings. The first-order valence-electron chi connectivity index (χ1n) is 11.2. The zero-order chi connectivity index (χ0) is 23.7. The van der Waals surface area contributed by atoms with Gasteiger partial charge in [-0.2, -0.15) is 0 Å². The van der Waals surface area contributed by atoms with Crippen LogP contribution in [0.25, 0.3) is 0 Å². The highest BCUT2D eigenvalue weighted by Crippen LogP contribution is 2.18. The highest BCUT2D eigenvalue weighted by atomic mass is 28.3. The van der Waals surface area contributed by atoms with Gasteiger partial charge in [-0.1, -0.05) is 48.6 Å². The van der Waals surface area contributed by atoms with Crippen molar-refractivity contribution in [3.63, 3.8) is 0 Å². The number of unbranched alkanes of at least 4 members (excludes halogenated alkanes) is 1. The van der Waals surface area contributed by atoms with Gasteiger partial charge in [-0.25, -0.2) is 9.59 Å². The summed E-state index contributed by atoms with van der Waals surface area (Å²) in [4.78, 5) is 24.2. The van der Waals surface area contributed by atoms with Crippen molar-refractivity contribution in [2.45, 2.75) is 97.2 Å². The smallest absolute Gasteiger partial charge is 0.407 e. The second kappa shape index (κ2) is 11.6. The summed E-state index contributed by atoms with van der Waals surface area (Å²) in [5.41, 5.74) is -1.03. The van der Waals surface area contributed by atoms with Gasteiger partial charge in [0.1, 0.15) is 11.2 Å². The maximum atomic E-state index is 12.4. The first kappa shape index (κ1) is 27.0. The Kier molecular flexibility index (Phi) is 10.1. The van der Waals surface area contributed by atoms with E-state index in [9.17, 15) is 9.59 Å².